The molecule has 0 aliphatic heterocycles. The van der Waals surface area contributed by atoms with E-state index in [0.717, 1.165) is 11.4 Å². The summed E-state index contributed by atoms with van der Waals surface area (Å²) in [6.07, 6.45) is 0. The highest BCUT2D eigenvalue weighted by molar-refractivity contribution is 7.25. The van der Waals surface area contributed by atoms with Gasteiger partial charge in [0.1, 0.15) is 0 Å². The molecule has 9 aromatic rings. The monoisotopic (exact) mass is 711 g/mol. The van der Waals surface area contributed by atoms with E-state index >= 15 is 0 Å². The Labute approximate surface area is 321 Å². The van der Waals surface area contributed by atoms with Crippen LogP contribution in [0.4, 0.5) is 17.1 Å². The Morgan fingerprint density at radius 1 is 0.463 bits per heavy atom. The predicted molar refractivity (Wildman–Crippen MR) is 234 cm³/mol. The topological polar surface area (TPSA) is 3.24 Å². The average Bonchev–Trinajstić information content (AvgIpc) is 3.69. The minimum absolute atomic E-state index is 0.113. The Kier molecular flexibility index (Phi) is 7.61. The van der Waals surface area contributed by atoms with Crippen LogP contribution in [0.1, 0.15) is 50.3 Å². The van der Waals surface area contributed by atoms with Crippen molar-refractivity contribution < 1.29 is 0 Å². The molecule has 0 unspecified atom stereocenters. The van der Waals surface area contributed by atoms with Crippen molar-refractivity contribution in [3.63, 3.8) is 0 Å². The van der Waals surface area contributed by atoms with Gasteiger partial charge >= 0.3 is 0 Å². The van der Waals surface area contributed by atoms with Crippen LogP contribution >= 0.6 is 11.3 Å². The van der Waals surface area contributed by atoms with Gasteiger partial charge < -0.3 is 4.90 Å². The van der Waals surface area contributed by atoms with Gasteiger partial charge in [0.25, 0.3) is 0 Å². The van der Waals surface area contributed by atoms with Crippen LogP contribution in [0.15, 0.2) is 170 Å². The maximum Gasteiger partial charge on any atom is 0.0468 e. The molecule has 0 atom stereocenters. The zero-order valence-corrected chi connectivity index (χ0v) is 31.9. The summed E-state index contributed by atoms with van der Waals surface area (Å²) in [5.41, 5.74) is 15.3. The molecule has 0 saturated heterocycles. The van der Waals surface area contributed by atoms with E-state index in [0.29, 0.717) is 5.92 Å². The van der Waals surface area contributed by atoms with Crippen LogP contribution in [0.5, 0.6) is 0 Å². The fourth-order valence-electron chi connectivity index (χ4n) is 8.94. The largest absolute Gasteiger partial charge is 0.310 e. The van der Waals surface area contributed by atoms with Crippen molar-refractivity contribution in [1.29, 1.82) is 0 Å². The summed E-state index contributed by atoms with van der Waals surface area (Å²) < 4.78 is 2.63. The standard InChI is InChI=1S/C52H41NS/c1-33(2)40-18-12-19-46-51(40)44-29-26-39(32-47(44)52(46,3)4)53(38-27-30-49-45(31-38)43-17-10-11-20-48(43)54-49)37-24-21-35(22-25-37)42-28-23-34-13-8-9-16-41(34)50(42)36-14-6-5-7-15-36/h5-33H,1-4H3. The second kappa shape index (κ2) is 12.6. The SMILES string of the molecule is CC(C)c1cccc2c1-c1ccc(N(c3ccc(-c4ccc5ccccc5c4-c4ccccc4)cc3)c3ccc4sc5ccccc5c4c3)cc1C2(C)C. The number of nitrogens with zero attached hydrogens (tertiary/aromatic N) is 1. The first kappa shape index (κ1) is 32.7. The van der Waals surface area contributed by atoms with Gasteiger partial charge in [-0.05, 0) is 115 Å². The number of thiophene rings is 1. The van der Waals surface area contributed by atoms with Crippen LogP contribution in [-0.2, 0) is 5.41 Å². The van der Waals surface area contributed by atoms with Crippen molar-refractivity contribution in [3.8, 4) is 33.4 Å². The Bertz CT molecular complexity index is 2880. The van der Waals surface area contributed by atoms with E-state index in [-0.39, 0.29) is 5.41 Å². The van der Waals surface area contributed by atoms with Crippen LogP contribution in [0.25, 0.3) is 64.3 Å². The number of rotatable bonds is 6. The maximum absolute atomic E-state index is 2.46. The molecule has 0 spiro atoms. The minimum atomic E-state index is -0.113. The summed E-state index contributed by atoms with van der Waals surface area (Å²) in [4.78, 5) is 2.46. The minimum Gasteiger partial charge on any atom is -0.310 e. The van der Waals surface area contributed by atoms with E-state index in [9.17, 15) is 0 Å². The molecule has 0 bridgehead atoms. The van der Waals surface area contributed by atoms with Gasteiger partial charge in [-0.3, -0.25) is 0 Å². The molecule has 0 fully saturated rings. The third-order valence-corrected chi connectivity index (χ3v) is 12.8. The van der Waals surface area contributed by atoms with Crippen LogP contribution < -0.4 is 4.90 Å². The van der Waals surface area contributed by atoms with E-state index in [4.69, 9.17) is 0 Å². The Morgan fingerprint density at radius 2 is 1.13 bits per heavy atom. The maximum atomic E-state index is 2.46. The van der Waals surface area contributed by atoms with E-state index in [2.05, 4.69) is 202 Å². The Hall–Kier alpha value is -5.96. The van der Waals surface area contributed by atoms with Gasteiger partial charge in [-0.1, -0.05) is 149 Å². The molecular formula is C52H41NS. The van der Waals surface area contributed by atoms with Gasteiger partial charge in [0.15, 0.2) is 0 Å². The zero-order chi connectivity index (χ0) is 36.6. The van der Waals surface area contributed by atoms with Crippen molar-refractivity contribution >= 4 is 59.3 Å². The molecule has 10 rings (SSSR count). The molecule has 0 radical (unpaired) electrons. The summed E-state index contributed by atoms with van der Waals surface area (Å²) in [7, 11) is 0. The van der Waals surface area contributed by atoms with Crippen LogP contribution in [0.3, 0.4) is 0 Å². The third-order valence-electron chi connectivity index (χ3n) is 11.6. The second-order valence-corrected chi connectivity index (χ2v) is 16.6. The van der Waals surface area contributed by atoms with Crippen molar-refractivity contribution in [3.05, 3.63) is 187 Å². The van der Waals surface area contributed by atoms with Crippen LogP contribution in [0, 0.1) is 0 Å². The molecule has 54 heavy (non-hydrogen) atoms. The number of hydrogen-bond donors (Lipinski definition) is 0. The highest BCUT2D eigenvalue weighted by Crippen LogP contribution is 2.53. The summed E-state index contributed by atoms with van der Waals surface area (Å²) in [6.45, 7) is 9.40. The summed E-state index contributed by atoms with van der Waals surface area (Å²) in [6, 6.07) is 63.2. The molecule has 1 aromatic heterocycles. The normalized spacial score (nSPS) is 13.1. The molecule has 1 aliphatic rings. The van der Waals surface area contributed by atoms with Crippen molar-refractivity contribution in [2.45, 2.75) is 39.0 Å². The fraction of sp³-hybridized carbons (Fsp3) is 0.115. The quantitative estimate of drug-likeness (QED) is 0.166. The smallest absolute Gasteiger partial charge is 0.0468 e. The molecule has 2 heteroatoms. The number of anilines is 3. The molecule has 1 aliphatic carbocycles. The molecular weight excluding hydrogens is 671 g/mol. The molecule has 1 nitrogen and oxygen atoms in total. The van der Waals surface area contributed by atoms with Crippen molar-refractivity contribution in [2.75, 3.05) is 4.90 Å². The van der Waals surface area contributed by atoms with Crippen molar-refractivity contribution in [2.24, 2.45) is 0 Å². The lowest BCUT2D eigenvalue weighted by molar-refractivity contribution is 0.659. The first-order valence-electron chi connectivity index (χ1n) is 19.0. The van der Waals surface area contributed by atoms with Gasteiger partial charge in [0.05, 0.1) is 0 Å². The van der Waals surface area contributed by atoms with Gasteiger partial charge in [0, 0.05) is 42.6 Å². The predicted octanol–water partition coefficient (Wildman–Crippen LogP) is 15.4. The third kappa shape index (κ3) is 5.12. The average molecular weight is 712 g/mol. The van der Waals surface area contributed by atoms with E-state index in [1.165, 1.54) is 86.7 Å². The van der Waals surface area contributed by atoms with Gasteiger partial charge in [-0.2, -0.15) is 0 Å². The highest BCUT2D eigenvalue weighted by Gasteiger charge is 2.37. The number of fused-ring (bicyclic) bond motifs is 7. The molecule has 1 heterocycles. The molecule has 0 N–H and O–H groups in total. The lowest BCUT2D eigenvalue weighted by Crippen LogP contribution is -2.16. The van der Waals surface area contributed by atoms with Gasteiger partial charge in [0.2, 0.25) is 0 Å². The van der Waals surface area contributed by atoms with E-state index < -0.39 is 0 Å². The summed E-state index contributed by atoms with van der Waals surface area (Å²) in [5.74, 6) is 0.452. The fourth-order valence-corrected chi connectivity index (χ4v) is 10.0. The van der Waals surface area contributed by atoms with Crippen LogP contribution in [0.2, 0.25) is 0 Å². The number of benzene rings is 8. The van der Waals surface area contributed by atoms with Gasteiger partial charge in [-0.15, -0.1) is 11.3 Å². The van der Waals surface area contributed by atoms with E-state index in [1.54, 1.807) is 0 Å². The van der Waals surface area contributed by atoms with Crippen LogP contribution in [-0.4, -0.2) is 0 Å². The first-order chi connectivity index (χ1) is 26.4. The highest BCUT2D eigenvalue weighted by atomic mass is 32.1. The first-order valence-corrected chi connectivity index (χ1v) is 19.9. The summed E-state index contributed by atoms with van der Waals surface area (Å²) in [5, 5.41) is 5.13. The molecule has 0 saturated carbocycles. The molecule has 8 aromatic carbocycles. The van der Waals surface area contributed by atoms with Gasteiger partial charge in [-0.25, -0.2) is 0 Å². The summed E-state index contributed by atoms with van der Waals surface area (Å²) >= 11 is 1.87. The zero-order valence-electron chi connectivity index (χ0n) is 31.1. The Balaban J connectivity index is 1.15. The second-order valence-electron chi connectivity index (χ2n) is 15.5. The number of hydrogen-bond acceptors (Lipinski definition) is 2. The lowest BCUT2D eigenvalue weighted by atomic mass is 9.81. The lowest BCUT2D eigenvalue weighted by Gasteiger charge is -2.28. The molecule has 0 amide bonds. The molecule has 260 valence electrons. The van der Waals surface area contributed by atoms with E-state index in [1.807, 2.05) is 11.3 Å². The Morgan fingerprint density at radius 3 is 1.94 bits per heavy atom. The van der Waals surface area contributed by atoms with Crippen molar-refractivity contribution in [1.82, 2.24) is 0 Å².